The highest BCUT2D eigenvalue weighted by molar-refractivity contribution is 9.10. The third kappa shape index (κ3) is 3.77. The van der Waals surface area contributed by atoms with Crippen molar-refractivity contribution >= 4 is 32.7 Å². The highest BCUT2D eigenvalue weighted by Crippen LogP contribution is 2.20. The molecular formula is C13H13BrN2O3S. The Morgan fingerprint density at radius 2 is 2.25 bits per heavy atom. The summed E-state index contributed by atoms with van der Waals surface area (Å²) in [7, 11) is -1.33. The second-order valence-corrected chi connectivity index (χ2v) is 6.60. The van der Waals surface area contributed by atoms with Gasteiger partial charge in [0.15, 0.2) is 0 Å². The number of halogens is 1. The van der Waals surface area contributed by atoms with Crippen LogP contribution in [-0.2, 0) is 17.3 Å². The maximum atomic E-state index is 12.3. The standard InChI is InChI=1S/C13H13BrN2O3S/c14-10-2-3-11(13(17)18)12(8-10)20(19)7-1-5-16-6-4-15-9-16/h2-4,6,8-9H,1,5,7H2,(H,17,18). The molecule has 106 valence electrons. The van der Waals surface area contributed by atoms with Gasteiger partial charge in [0.2, 0.25) is 0 Å². The van der Waals surface area contributed by atoms with E-state index in [1.165, 1.54) is 6.07 Å². The molecule has 0 aliphatic heterocycles. The molecule has 0 fully saturated rings. The first-order valence-corrected chi connectivity index (χ1v) is 8.06. The molecule has 1 aromatic heterocycles. The van der Waals surface area contributed by atoms with E-state index in [2.05, 4.69) is 20.9 Å². The second-order valence-electron chi connectivity index (χ2n) is 4.15. The SMILES string of the molecule is O=C(O)c1ccc(Br)cc1S(=O)CCCn1ccnc1. The van der Waals surface area contributed by atoms with Crippen LogP contribution in [0.1, 0.15) is 16.8 Å². The van der Waals surface area contributed by atoms with Crippen LogP contribution in [0.25, 0.3) is 0 Å². The fourth-order valence-corrected chi connectivity index (χ4v) is 3.55. The zero-order valence-corrected chi connectivity index (χ0v) is 12.9. The zero-order valence-electron chi connectivity index (χ0n) is 10.5. The van der Waals surface area contributed by atoms with E-state index in [1.54, 1.807) is 24.7 Å². The molecule has 0 bridgehead atoms. The lowest BCUT2D eigenvalue weighted by molar-refractivity contribution is 0.0693. The van der Waals surface area contributed by atoms with Crippen LogP contribution in [0.2, 0.25) is 0 Å². The topological polar surface area (TPSA) is 72.2 Å². The predicted octanol–water partition coefficient (Wildman–Crippen LogP) is 2.54. The lowest BCUT2D eigenvalue weighted by Crippen LogP contribution is -2.08. The maximum Gasteiger partial charge on any atom is 0.336 e. The largest absolute Gasteiger partial charge is 0.478 e. The number of aromatic nitrogens is 2. The number of carboxylic acid groups (broad SMARTS) is 1. The molecule has 0 aliphatic carbocycles. The lowest BCUT2D eigenvalue weighted by Gasteiger charge is -2.07. The predicted molar refractivity (Wildman–Crippen MR) is 79.2 cm³/mol. The molecule has 1 aromatic carbocycles. The quantitative estimate of drug-likeness (QED) is 0.863. The number of aromatic carboxylic acids is 1. The summed E-state index contributed by atoms with van der Waals surface area (Å²) in [6.45, 7) is 0.710. The van der Waals surface area contributed by atoms with Crippen molar-refractivity contribution in [2.75, 3.05) is 5.75 Å². The number of carbonyl (C=O) groups is 1. The number of rotatable bonds is 6. The van der Waals surface area contributed by atoms with Gasteiger partial charge in [0, 0.05) is 29.2 Å². The average Bonchev–Trinajstić information content (AvgIpc) is 2.91. The van der Waals surface area contributed by atoms with E-state index in [0.29, 0.717) is 23.6 Å². The molecule has 1 unspecified atom stereocenters. The van der Waals surface area contributed by atoms with E-state index in [4.69, 9.17) is 5.11 Å². The van der Waals surface area contributed by atoms with Crippen molar-refractivity contribution in [3.8, 4) is 0 Å². The summed E-state index contributed by atoms with van der Waals surface area (Å²) >= 11 is 3.27. The first-order chi connectivity index (χ1) is 9.58. The third-order valence-corrected chi connectivity index (χ3v) is 4.71. The summed E-state index contributed by atoms with van der Waals surface area (Å²) in [5.74, 6) is -0.648. The van der Waals surface area contributed by atoms with Gasteiger partial charge < -0.3 is 9.67 Å². The molecule has 2 rings (SSSR count). The van der Waals surface area contributed by atoms with Crippen LogP contribution in [0, 0.1) is 0 Å². The first-order valence-electron chi connectivity index (χ1n) is 5.95. The summed E-state index contributed by atoms with van der Waals surface area (Å²) < 4.78 is 14.9. The maximum absolute atomic E-state index is 12.3. The van der Waals surface area contributed by atoms with Crippen LogP contribution in [0.15, 0.2) is 46.3 Å². The van der Waals surface area contributed by atoms with Crippen LogP contribution < -0.4 is 0 Å². The molecule has 0 aliphatic rings. The van der Waals surface area contributed by atoms with Gasteiger partial charge in [-0.25, -0.2) is 9.78 Å². The Balaban J connectivity index is 2.05. The summed E-state index contributed by atoms with van der Waals surface area (Å²) in [5.41, 5.74) is 0.0918. The molecule has 0 radical (unpaired) electrons. The molecule has 1 N–H and O–H groups in total. The molecule has 0 spiro atoms. The van der Waals surface area contributed by atoms with Crippen molar-refractivity contribution in [1.29, 1.82) is 0 Å². The van der Waals surface area contributed by atoms with Gasteiger partial charge in [0.25, 0.3) is 0 Å². The molecule has 0 amide bonds. The fraction of sp³-hybridized carbons (Fsp3) is 0.231. The Hall–Kier alpha value is -1.47. The Labute approximate surface area is 127 Å². The first kappa shape index (κ1) is 14.9. The van der Waals surface area contributed by atoms with E-state index in [1.807, 2.05) is 10.8 Å². The molecule has 1 heterocycles. The van der Waals surface area contributed by atoms with Crippen molar-refractivity contribution in [3.05, 3.63) is 47.0 Å². The van der Waals surface area contributed by atoms with Gasteiger partial charge in [-0.2, -0.15) is 0 Å². The van der Waals surface area contributed by atoms with E-state index in [-0.39, 0.29) is 5.56 Å². The summed E-state index contributed by atoms with van der Waals surface area (Å²) in [6, 6.07) is 4.71. The highest BCUT2D eigenvalue weighted by Gasteiger charge is 2.15. The number of hydrogen-bond donors (Lipinski definition) is 1. The number of nitrogens with zero attached hydrogens (tertiary/aromatic N) is 2. The molecule has 20 heavy (non-hydrogen) atoms. The van der Waals surface area contributed by atoms with E-state index >= 15 is 0 Å². The van der Waals surface area contributed by atoms with Gasteiger partial charge in [-0.1, -0.05) is 15.9 Å². The van der Waals surface area contributed by atoms with Crippen molar-refractivity contribution in [3.63, 3.8) is 0 Å². The van der Waals surface area contributed by atoms with E-state index < -0.39 is 16.8 Å². The Morgan fingerprint density at radius 3 is 2.90 bits per heavy atom. The number of hydrogen-bond acceptors (Lipinski definition) is 3. The zero-order chi connectivity index (χ0) is 14.5. The Kier molecular flexibility index (Phi) is 5.08. The van der Waals surface area contributed by atoms with Crippen LogP contribution in [-0.4, -0.2) is 30.6 Å². The third-order valence-electron chi connectivity index (χ3n) is 2.72. The van der Waals surface area contributed by atoms with Gasteiger partial charge in [-0.15, -0.1) is 0 Å². The van der Waals surface area contributed by atoms with Gasteiger partial charge in [-0.05, 0) is 24.6 Å². The monoisotopic (exact) mass is 356 g/mol. The van der Waals surface area contributed by atoms with Crippen molar-refractivity contribution in [2.45, 2.75) is 17.9 Å². The fourth-order valence-electron chi connectivity index (χ4n) is 1.77. The number of benzene rings is 1. The number of imidazole rings is 1. The lowest BCUT2D eigenvalue weighted by atomic mass is 10.2. The summed E-state index contributed by atoms with van der Waals surface area (Å²) in [5, 5.41) is 9.12. The van der Waals surface area contributed by atoms with Crippen molar-refractivity contribution in [1.82, 2.24) is 9.55 Å². The molecule has 7 heteroatoms. The molecule has 0 saturated heterocycles. The molecule has 1 atom stereocenters. The summed E-state index contributed by atoms with van der Waals surface area (Å²) in [6.07, 6.45) is 5.91. The van der Waals surface area contributed by atoms with Crippen LogP contribution in [0.5, 0.6) is 0 Å². The minimum absolute atomic E-state index is 0.0918. The average molecular weight is 357 g/mol. The molecule has 0 saturated carbocycles. The minimum Gasteiger partial charge on any atom is -0.478 e. The Bertz CT molecular complexity index is 629. The van der Waals surface area contributed by atoms with E-state index in [0.717, 1.165) is 4.47 Å². The van der Waals surface area contributed by atoms with Gasteiger partial charge in [-0.3, -0.25) is 4.21 Å². The number of carboxylic acids is 1. The molecule has 5 nitrogen and oxygen atoms in total. The minimum atomic E-state index is -1.33. The number of aryl methyl sites for hydroxylation is 1. The second kappa shape index (κ2) is 6.81. The van der Waals surface area contributed by atoms with Crippen molar-refractivity contribution < 1.29 is 14.1 Å². The Morgan fingerprint density at radius 1 is 1.45 bits per heavy atom. The highest BCUT2D eigenvalue weighted by atomic mass is 79.9. The van der Waals surface area contributed by atoms with Crippen LogP contribution >= 0.6 is 15.9 Å². The molecule has 2 aromatic rings. The van der Waals surface area contributed by atoms with Gasteiger partial charge >= 0.3 is 5.97 Å². The van der Waals surface area contributed by atoms with Gasteiger partial charge in [0.05, 0.1) is 27.6 Å². The molecular weight excluding hydrogens is 344 g/mol. The van der Waals surface area contributed by atoms with Crippen molar-refractivity contribution in [2.24, 2.45) is 0 Å². The smallest absolute Gasteiger partial charge is 0.336 e. The van der Waals surface area contributed by atoms with E-state index in [9.17, 15) is 9.00 Å². The van der Waals surface area contributed by atoms with Crippen LogP contribution in [0.3, 0.4) is 0 Å². The summed E-state index contributed by atoms with van der Waals surface area (Å²) in [4.78, 5) is 15.4. The van der Waals surface area contributed by atoms with Gasteiger partial charge in [0.1, 0.15) is 0 Å². The normalized spacial score (nSPS) is 12.2. The van der Waals surface area contributed by atoms with Crippen LogP contribution in [0.4, 0.5) is 0 Å².